The lowest BCUT2D eigenvalue weighted by molar-refractivity contribution is -0.0985. The molecule has 2 saturated heterocycles. The normalized spacial score (nSPS) is 18.2. The lowest BCUT2D eigenvalue weighted by Gasteiger charge is -2.37. The van der Waals surface area contributed by atoms with Crippen LogP contribution in [-0.4, -0.2) is 41.3 Å². The number of rotatable bonds is 3. The van der Waals surface area contributed by atoms with Crippen LogP contribution in [0.5, 0.6) is 0 Å². The summed E-state index contributed by atoms with van der Waals surface area (Å²) in [5, 5.41) is 2.25. The van der Waals surface area contributed by atoms with Gasteiger partial charge in [0.05, 0.1) is 13.2 Å². The van der Waals surface area contributed by atoms with Gasteiger partial charge in [0.25, 0.3) is 0 Å². The SMILES string of the molecule is Clc1ccc(Cc2ncc3ccnc(N4CCC5(COC5)C4)c3n2)c(Cl)c1. The van der Waals surface area contributed by atoms with Crippen molar-refractivity contribution in [1.29, 1.82) is 0 Å². The molecule has 2 aliphatic heterocycles. The summed E-state index contributed by atoms with van der Waals surface area (Å²) < 4.78 is 5.44. The molecule has 138 valence electrons. The highest BCUT2D eigenvalue weighted by Crippen LogP contribution is 2.40. The molecule has 0 atom stereocenters. The highest BCUT2D eigenvalue weighted by atomic mass is 35.5. The van der Waals surface area contributed by atoms with E-state index in [9.17, 15) is 0 Å². The number of hydrogen-bond donors (Lipinski definition) is 0. The van der Waals surface area contributed by atoms with Gasteiger partial charge >= 0.3 is 0 Å². The van der Waals surface area contributed by atoms with Crippen molar-refractivity contribution in [1.82, 2.24) is 15.0 Å². The molecule has 0 unspecified atom stereocenters. The maximum atomic E-state index is 6.31. The van der Waals surface area contributed by atoms with Crippen LogP contribution in [0.3, 0.4) is 0 Å². The quantitative estimate of drug-likeness (QED) is 0.660. The summed E-state index contributed by atoms with van der Waals surface area (Å²) in [4.78, 5) is 16.3. The van der Waals surface area contributed by atoms with Crippen LogP contribution in [0.4, 0.5) is 5.82 Å². The summed E-state index contributed by atoms with van der Waals surface area (Å²) >= 11 is 12.3. The molecule has 3 aromatic rings. The molecular weight excluding hydrogens is 383 g/mol. The zero-order valence-corrected chi connectivity index (χ0v) is 16.2. The average molecular weight is 401 g/mol. The average Bonchev–Trinajstić information content (AvgIpc) is 3.09. The van der Waals surface area contributed by atoms with E-state index in [2.05, 4.69) is 14.9 Å². The predicted octanol–water partition coefficient (Wildman–Crippen LogP) is 4.15. The first-order chi connectivity index (χ1) is 13.1. The van der Waals surface area contributed by atoms with E-state index in [1.807, 2.05) is 30.6 Å². The first-order valence-electron chi connectivity index (χ1n) is 8.99. The lowest BCUT2D eigenvalue weighted by Crippen LogP contribution is -2.44. The molecule has 0 aliphatic carbocycles. The molecule has 27 heavy (non-hydrogen) atoms. The zero-order chi connectivity index (χ0) is 18.4. The smallest absolute Gasteiger partial charge is 0.155 e. The highest BCUT2D eigenvalue weighted by Gasteiger charge is 2.45. The molecule has 4 heterocycles. The molecule has 0 N–H and O–H groups in total. The van der Waals surface area contributed by atoms with E-state index in [4.69, 9.17) is 32.9 Å². The van der Waals surface area contributed by atoms with E-state index in [-0.39, 0.29) is 0 Å². The zero-order valence-electron chi connectivity index (χ0n) is 14.7. The third kappa shape index (κ3) is 3.14. The fraction of sp³-hybridized carbons (Fsp3) is 0.350. The van der Waals surface area contributed by atoms with Gasteiger partial charge in [-0.1, -0.05) is 29.3 Å². The van der Waals surface area contributed by atoms with Crippen molar-refractivity contribution in [3.05, 3.63) is 58.1 Å². The second-order valence-corrected chi connectivity index (χ2v) is 8.28. The van der Waals surface area contributed by atoms with Crippen LogP contribution in [0.1, 0.15) is 17.8 Å². The summed E-state index contributed by atoms with van der Waals surface area (Å²) in [6, 6.07) is 7.46. The summed E-state index contributed by atoms with van der Waals surface area (Å²) in [6.07, 6.45) is 5.39. The number of benzene rings is 1. The number of halogens is 2. The monoisotopic (exact) mass is 400 g/mol. The Hall–Kier alpha value is -1.95. The number of anilines is 1. The van der Waals surface area contributed by atoms with Gasteiger partial charge in [0.1, 0.15) is 11.3 Å². The van der Waals surface area contributed by atoms with Crippen molar-refractivity contribution < 1.29 is 4.74 Å². The van der Waals surface area contributed by atoms with Crippen LogP contribution in [0.2, 0.25) is 10.0 Å². The minimum absolute atomic E-state index is 0.302. The maximum Gasteiger partial charge on any atom is 0.155 e. The van der Waals surface area contributed by atoms with Gasteiger partial charge in [-0.05, 0) is 30.2 Å². The Morgan fingerprint density at radius 2 is 2.04 bits per heavy atom. The van der Waals surface area contributed by atoms with Crippen molar-refractivity contribution in [3.63, 3.8) is 0 Å². The molecule has 1 spiro atoms. The fourth-order valence-electron chi connectivity index (χ4n) is 3.87. The van der Waals surface area contributed by atoms with E-state index in [0.717, 1.165) is 60.8 Å². The number of ether oxygens (including phenoxy) is 1. The van der Waals surface area contributed by atoms with Crippen LogP contribution in [0.15, 0.2) is 36.7 Å². The molecule has 0 bridgehead atoms. The van der Waals surface area contributed by atoms with Gasteiger partial charge in [-0.3, -0.25) is 0 Å². The van der Waals surface area contributed by atoms with Crippen molar-refractivity contribution >= 4 is 39.9 Å². The molecule has 7 heteroatoms. The Bertz CT molecular complexity index is 1020. The summed E-state index contributed by atoms with van der Waals surface area (Å²) in [5.74, 6) is 1.66. The number of nitrogens with zero attached hydrogens (tertiary/aromatic N) is 4. The predicted molar refractivity (Wildman–Crippen MR) is 107 cm³/mol. The Morgan fingerprint density at radius 1 is 1.15 bits per heavy atom. The van der Waals surface area contributed by atoms with Crippen LogP contribution in [0.25, 0.3) is 10.9 Å². The summed E-state index contributed by atoms with van der Waals surface area (Å²) in [6.45, 7) is 3.66. The second kappa shape index (κ2) is 6.59. The fourth-order valence-corrected chi connectivity index (χ4v) is 4.35. The molecule has 0 saturated carbocycles. The number of hydrogen-bond acceptors (Lipinski definition) is 5. The van der Waals surface area contributed by atoms with Crippen LogP contribution < -0.4 is 4.90 Å². The largest absolute Gasteiger partial charge is 0.380 e. The molecular formula is C20H18Cl2N4O. The Morgan fingerprint density at radius 3 is 2.78 bits per heavy atom. The van der Waals surface area contributed by atoms with Gasteiger partial charge in [0.2, 0.25) is 0 Å². The van der Waals surface area contributed by atoms with E-state index in [1.165, 1.54) is 0 Å². The lowest BCUT2D eigenvalue weighted by atomic mass is 9.85. The van der Waals surface area contributed by atoms with E-state index in [0.29, 0.717) is 21.9 Å². The number of fused-ring (bicyclic) bond motifs is 1. The standard InChI is InChI=1S/C20H18Cl2N4O/c21-15-2-1-13(16(22)8-15)7-17-24-9-14-3-5-23-19(18(14)25-17)26-6-4-20(10-26)11-27-12-20/h1-3,5,8-9H,4,6-7,10-12H2. The molecule has 2 aliphatic rings. The van der Waals surface area contributed by atoms with Gasteiger partial charge in [-0.15, -0.1) is 0 Å². The molecule has 2 aromatic heterocycles. The minimum atomic E-state index is 0.302. The van der Waals surface area contributed by atoms with E-state index in [1.54, 1.807) is 6.07 Å². The van der Waals surface area contributed by atoms with Gasteiger partial charge in [-0.2, -0.15) is 0 Å². The van der Waals surface area contributed by atoms with Crippen LogP contribution in [0, 0.1) is 5.41 Å². The Balaban J connectivity index is 1.49. The molecule has 0 amide bonds. The first-order valence-corrected chi connectivity index (χ1v) is 9.75. The van der Waals surface area contributed by atoms with Crippen molar-refractivity contribution in [2.45, 2.75) is 12.8 Å². The Kier molecular flexibility index (Phi) is 4.19. The third-order valence-electron chi connectivity index (χ3n) is 5.45. The molecule has 5 nitrogen and oxygen atoms in total. The summed E-state index contributed by atoms with van der Waals surface area (Å²) in [7, 11) is 0. The second-order valence-electron chi connectivity index (χ2n) is 7.44. The third-order valence-corrected chi connectivity index (χ3v) is 6.03. The molecule has 2 fully saturated rings. The maximum absolute atomic E-state index is 6.31. The van der Waals surface area contributed by atoms with Crippen LogP contribution in [-0.2, 0) is 11.2 Å². The Labute approximate surface area is 167 Å². The van der Waals surface area contributed by atoms with Gasteiger partial charge in [0.15, 0.2) is 5.82 Å². The molecule has 0 radical (unpaired) electrons. The molecule has 1 aromatic carbocycles. The van der Waals surface area contributed by atoms with Crippen molar-refractivity contribution in [3.8, 4) is 0 Å². The van der Waals surface area contributed by atoms with E-state index < -0.39 is 0 Å². The van der Waals surface area contributed by atoms with Gasteiger partial charge in [-0.25, -0.2) is 15.0 Å². The first kappa shape index (κ1) is 17.2. The topological polar surface area (TPSA) is 51.1 Å². The van der Waals surface area contributed by atoms with Crippen LogP contribution >= 0.6 is 23.2 Å². The minimum Gasteiger partial charge on any atom is -0.380 e. The molecule has 5 rings (SSSR count). The highest BCUT2D eigenvalue weighted by molar-refractivity contribution is 6.35. The van der Waals surface area contributed by atoms with Crippen molar-refractivity contribution in [2.75, 3.05) is 31.2 Å². The number of aromatic nitrogens is 3. The van der Waals surface area contributed by atoms with Gasteiger partial charge in [0, 0.05) is 52.8 Å². The number of pyridine rings is 1. The summed E-state index contributed by atoms with van der Waals surface area (Å²) in [5.41, 5.74) is 2.15. The van der Waals surface area contributed by atoms with E-state index >= 15 is 0 Å². The van der Waals surface area contributed by atoms with Gasteiger partial charge < -0.3 is 9.64 Å². The van der Waals surface area contributed by atoms with Crippen molar-refractivity contribution in [2.24, 2.45) is 5.41 Å².